The monoisotopic (exact) mass is 416 g/mol. The van der Waals surface area contributed by atoms with E-state index in [2.05, 4.69) is 0 Å². The van der Waals surface area contributed by atoms with Gasteiger partial charge in [-0.25, -0.2) is 0 Å². The van der Waals surface area contributed by atoms with Crippen molar-refractivity contribution < 1.29 is 18.8 Å². The summed E-state index contributed by atoms with van der Waals surface area (Å²) in [4.78, 5) is 44.4. The maximum Gasteiger partial charge on any atom is 0.236 e. The lowest BCUT2D eigenvalue weighted by Gasteiger charge is -2.37. The van der Waals surface area contributed by atoms with E-state index in [1.807, 2.05) is 41.4 Å². The molecule has 6 rings (SSSR count). The van der Waals surface area contributed by atoms with Gasteiger partial charge in [0.15, 0.2) is 5.76 Å². The zero-order valence-electron chi connectivity index (χ0n) is 17.1. The van der Waals surface area contributed by atoms with Gasteiger partial charge in [-0.1, -0.05) is 43.5 Å². The maximum absolute atomic E-state index is 13.7. The molecule has 158 valence electrons. The van der Waals surface area contributed by atoms with E-state index in [1.165, 1.54) is 11.2 Å². The molecular formula is C25H24N2O4. The van der Waals surface area contributed by atoms with Crippen molar-refractivity contribution >= 4 is 23.7 Å². The molecule has 31 heavy (non-hydrogen) atoms. The molecular weight excluding hydrogens is 392 g/mol. The van der Waals surface area contributed by atoms with E-state index in [0.717, 1.165) is 43.2 Å². The Morgan fingerprint density at radius 3 is 2.48 bits per heavy atom. The van der Waals surface area contributed by atoms with Crippen LogP contribution in [0.25, 0.3) is 6.08 Å². The first kappa shape index (κ1) is 18.6. The zero-order valence-corrected chi connectivity index (χ0v) is 17.1. The number of carbonyl (C=O) groups excluding carboxylic acids is 3. The molecule has 2 aromatic rings. The molecule has 3 fully saturated rings. The number of hydrogen-bond acceptors (Lipinski definition) is 5. The number of fused-ring (bicyclic) bond motifs is 5. The fraction of sp³-hybridized carbons (Fsp3) is 0.400. The molecule has 6 nitrogen and oxygen atoms in total. The number of furan rings is 1. The van der Waals surface area contributed by atoms with Crippen molar-refractivity contribution in [1.29, 1.82) is 0 Å². The molecule has 1 aromatic carbocycles. The third kappa shape index (κ3) is 2.60. The fourth-order valence-corrected chi connectivity index (χ4v) is 6.14. The van der Waals surface area contributed by atoms with Crippen LogP contribution in [0, 0.1) is 11.8 Å². The Bertz CT molecular complexity index is 1080. The Balaban J connectivity index is 1.47. The first-order valence-electron chi connectivity index (χ1n) is 11.2. The number of amides is 2. The number of ketones is 1. The third-order valence-electron chi connectivity index (χ3n) is 7.47. The second-order valence-corrected chi connectivity index (χ2v) is 9.01. The van der Waals surface area contributed by atoms with Gasteiger partial charge in [-0.3, -0.25) is 19.3 Å². The summed E-state index contributed by atoms with van der Waals surface area (Å²) in [5.41, 5.74) is 2.03. The summed E-state index contributed by atoms with van der Waals surface area (Å²) in [6, 6.07) is 10.1. The number of imide groups is 1. The number of nitrogens with zero attached hydrogens (tertiary/aromatic N) is 2. The summed E-state index contributed by atoms with van der Waals surface area (Å²) in [7, 11) is 0. The molecule has 1 aromatic heterocycles. The normalized spacial score (nSPS) is 29.8. The summed E-state index contributed by atoms with van der Waals surface area (Å²) < 4.78 is 5.40. The first-order chi connectivity index (χ1) is 15.2. The van der Waals surface area contributed by atoms with Crippen molar-refractivity contribution in [3.05, 3.63) is 65.7 Å². The van der Waals surface area contributed by atoms with E-state index in [9.17, 15) is 14.4 Å². The average molecular weight is 416 g/mol. The van der Waals surface area contributed by atoms with Crippen LogP contribution in [-0.2, 0) is 9.59 Å². The molecule has 0 spiro atoms. The smallest absolute Gasteiger partial charge is 0.236 e. The molecule has 4 atom stereocenters. The van der Waals surface area contributed by atoms with Crippen molar-refractivity contribution in [2.45, 2.75) is 50.2 Å². The molecule has 0 radical (unpaired) electrons. The van der Waals surface area contributed by atoms with E-state index >= 15 is 0 Å². The topological polar surface area (TPSA) is 70.8 Å². The zero-order chi connectivity index (χ0) is 21.1. The Kier molecular flexibility index (Phi) is 4.16. The highest BCUT2D eigenvalue weighted by Crippen LogP contribution is 2.53. The van der Waals surface area contributed by atoms with Crippen LogP contribution in [-0.4, -0.2) is 39.5 Å². The van der Waals surface area contributed by atoms with Crippen LogP contribution < -0.4 is 0 Å². The highest BCUT2D eigenvalue weighted by atomic mass is 16.3. The van der Waals surface area contributed by atoms with Gasteiger partial charge in [0.1, 0.15) is 6.04 Å². The van der Waals surface area contributed by atoms with E-state index in [-0.39, 0.29) is 35.4 Å². The number of benzene rings is 1. The summed E-state index contributed by atoms with van der Waals surface area (Å²) in [5, 5.41) is 0. The van der Waals surface area contributed by atoms with Gasteiger partial charge in [-0.2, -0.15) is 0 Å². The predicted octanol–water partition coefficient (Wildman–Crippen LogP) is 3.81. The summed E-state index contributed by atoms with van der Waals surface area (Å²) in [6.07, 6.45) is 10.2. The summed E-state index contributed by atoms with van der Waals surface area (Å²) >= 11 is 0. The molecule has 2 amide bonds. The lowest BCUT2D eigenvalue weighted by atomic mass is 9.84. The van der Waals surface area contributed by atoms with Gasteiger partial charge >= 0.3 is 0 Å². The van der Waals surface area contributed by atoms with E-state index < -0.39 is 17.9 Å². The van der Waals surface area contributed by atoms with Gasteiger partial charge in [0.05, 0.1) is 24.1 Å². The molecule has 1 saturated carbocycles. The molecule has 3 aliphatic heterocycles. The second kappa shape index (κ2) is 6.94. The van der Waals surface area contributed by atoms with Crippen LogP contribution in [0.4, 0.5) is 0 Å². The molecule has 0 bridgehead atoms. The number of carbonyl (C=O) groups is 3. The number of Topliss-reactive ketones (excluding diaryl/α,β-unsaturated/α-hetero) is 1. The van der Waals surface area contributed by atoms with Crippen LogP contribution >= 0.6 is 0 Å². The SMILES string of the molecule is O=C(c1ccco1)[C@@H]1[C@@H]2C(=O)N(C3CCCCC3)C(=O)[C@@H]2[C@@H]2c3ccccc3C=CN12. The van der Waals surface area contributed by atoms with Crippen molar-refractivity contribution in [3.63, 3.8) is 0 Å². The van der Waals surface area contributed by atoms with Crippen LogP contribution in [0.15, 0.2) is 53.3 Å². The molecule has 4 heterocycles. The Morgan fingerprint density at radius 2 is 1.71 bits per heavy atom. The number of hydrogen-bond donors (Lipinski definition) is 0. The van der Waals surface area contributed by atoms with Crippen molar-refractivity contribution in [1.82, 2.24) is 9.80 Å². The van der Waals surface area contributed by atoms with Crippen LogP contribution in [0.5, 0.6) is 0 Å². The molecule has 0 unspecified atom stereocenters. The highest BCUT2D eigenvalue weighted by molar-refractivity contribution is 6.11. The van der Waals surface area contributed by atoms with E-state index in [1.54, 1.807) is 12.1 Å². The quantitative estimate of drug-likeness (QED) is 0.562. The second-order valence-electron chi connectivity index (χ2n) is 9.01. The van der Waals surface area contributed by atoms with Crippen molar-refractivity contribution in [2.24, 2.45) is 11.8 Å². The fourth-order valence-electron chi connectivity index (χ4n) is 6.14. The van der Waals surface area contributed by atoms with Crippen molar-refractivity contribution in [3.8, 4) is 0 Å². The number of likely N-dealkylation sites (tertiary alicyclic amines) is 1. The molecule has 4 aliphatic rings. The standard InChI is InChI=1S/C25H24N2O4/c28-23(18-11-6-14-31-18)22-20-19(21-17-10-5-4-7-15(17)12-13-26(21)22)24(29)27(25(20)30)16-8-2-1-3-9-16/h4-7,10-14,16,19-22H,1-3,8-9H2/t19-,20+,21-,22-/m0/s1. The first-order valence-corrected chi connectivity index (χ1v) is 11.2. The van der Waals surface area contributed by atoms with Crippen molar-refractivity contribution in [2.75, 3.05) is 0 Å². The van der Waals surface area contributed by atoms with Gasteiger partial charge in [-0.15, -0.1) is 0 Å². The van der Waals surface area contributed by atoms with Gasteiger partial charge < -0.3 is 9.32 Å². The van der Waals surface area contributed by atoms with Gasteiger partial charge in [0.25, 0.3) is 0 Å². The summed E-state index contributed by atoms with van der Waals surface area (Å²) in [6.45, 7) is 0. The molecule has 1 aliphatic carbocycles. The minimum Gasteiger partial charge on any atom is -0.461 e. The minimum absolute atomic E-state index is 0.0402. The van der Waals surface area contributed by atoms with E-state index in [4.69, 9.17) is 4.42 Å². The maximum atomic E-state index is 13.7. The third-order valence-corrected chi connectivity index (χ3v) is 7.47. The Morgan fingerprint density at radius 1 is 0.935 bits per heavy atom. The largest absolute Gasteiger partial charge is 0.461 e. The average Bonchev–Trinajstić information content (AvgIpc) is 3.50. The Labute approximate surface area is 180 Å². The lowest BCUT2D eigenvalue weighted by molar-refractivity contribution is -0.144. The Hall–Kier alpha value is -3.15. The van der Waals surface area contributed by atoms with Gasteiger partial charge in [0.2, 0.25) is 17.6 Å². The molecule has 2 saturated heterocycles. The van der Waals surface area contributed by atoms with Crippen LogP contribution in [0.1, 0.15) is 59.8 Å². The van der Waals surface area contributed by atoms with Crippen LogP contribution in [0.2, 0.25) is 0 Å². The highest BCUT2D eigenvalue weighted by Gasteiger charge is 2.65. The molecule has 6 heteroatoms. The number of rotatable bonds is 3. The molecule has 0 N–H and O–H groups in total. The lowest BCUT2D eigenvalue weighted by Crippen LogP contribution is -2.47. The van der Waals surface area contributed by atoms with E-state index in [0.29, 0.717) is 0 Å². The summed E-state index contributed by atoms with van der Waals surface area (Å²) in [5.74, 6) is -1.55. The minimum atomic E-state index is -0.740. The van der Waals surface area contributed by atoms with Gasteiger partial charge in [0, 0.05) is 12.2 Å². The van der Waals surface area contributed by atoms with Crippen LogP contribution in [0.3, 0.4) is 0 Å². The van der Waals surface area contributed by atoms with Gasteiger partial charge in [-0.05, 0) is 42.2 Å². The predicted molar refractivity (Wildman–Crippen MR) is 113 cm³/mol.